The zero-order valence-corrected chi connectivity index (χ0v) is 12.2. The van der Waals surface area contributed by atoms with Gasteiger partial charge in [0.1, 0.15) is 5.69 Å². The number of piperidine rings is 1. The van der Waals surface area contributed by atoms with E-state index in [0.29, 0.717) is 6.04 Å². The van der Waals surface area contributed by atoms with Crippen LogP contribution in [0.5, 0.6) is 0 Å². The maximum absolute atomic E-state index is 4.73. The molecule has 0 bridgehead atoms. The summed E-state index contributed by atoms with van der Waals surface area (Å²) in [7, 11) is 0. The van der Waals surface area contributed by atoms with Crippen molar-refractivity contribution in [1.82, 2.24) is 24.9 Å². The molecule has 2 N–H and O–H groups in total. The minimum absolute atomic E-state index is 0.451. The number of fused-ring (bicyclic) bond motifs is 1. The Kier molecular flexibility index (Phi) is 3.44. The van der Waals surface area contributed by atoms with Gasteiger partial charge < -0.3 is 10.6 Å². The first-order valence-electron chi connectivity index (χ1n) is 7.63. The zero-order valence-electron chi connectivity index (χ0n) is 12.2. The Morgan fingerprint density at radius 3 is 2.73 bits per heavy atom. The molecule has 4 rings (SSSR count). The average molecular weight is 294 g/mol. The number of pyridine rings is 1. The van der Waals surface area contributed by atoms with E-state index in [-0.39, 0.29) is 0 Å². The van der Waals surface area contributed by atoms with E-state index in [1.807, 2.05) is 28.8 Å². The van der Waals surface area contributed by atoms with Gasteiger partial charge in [-0.3, -0.25) is 4.98 Å². The van der Waals surface area contributed by atoms with E-state index in [2.05, 4.69) is 20.7 Å². The minimum Gasteiger partial charge on any atom is -0.365 e. The lowest BCUT2D eigenvalue weighted by Gasteiger charge is -2.24. The monoisotopic (exact) mass is 294 g/mol. The van der Waals surface area contributed by atoms with Crippen LogP contribution in [0.3, 0.4) is 0 Å². The van der Waals surface area contributed by atoms with Crippen molar-refractivity contribution >= 4 is 11.5 Å². The molecule has 0 aromatic carbocycles. The van der Waals surface area contributed by atoms with Crippen molar-refractivity contribution in [3.8, 4) is 11.3 Å². The molecular formula is C16H18N6. The molecule has 1 aliphatic rings. The van der Waals surface area contributed by atoms with Gasteiger partial charge in [-0.05, 0) is 50.2 Å². The molecule has 1 saturated heterocycles. The first kappa shape index (κ1) is 13.2. The van der Waals surface area contributed by atoms with Gasteiger partial charge in [-0.1, -0.05) is 0 Å². The van der Waals surface area contributed by atoms with Gasteiger partial charge in [0.25, 0.3) is 0 Å². The molecule has 0 atom stereocenters. The Labute approximate surface area is 128 Å². The van der Waals surface area contributed by atoms with Crippen molar-refractivity contribution in [2.45, 2.75) is 18.9 Å². The molecule has 6 nitrogen and oxygen atoms in total. The molecule has 0 saturated carbocycles. The number of imidazole rings is 1. The fourth-order valence-corrected chi connectivity index (χ4v) is 2.92. The molecule has 0 radical (unpaired) electrons. The SMILES string of the molecule is c1cnn2c(-c3ccncc3)c(NC3CCNCC3)nc2c1. The summed E-state index contributed by atoms with van der Waals surface area (Å²) in [4.78, 5) is 8.83. The van der Waals surface area contributed by atoms with Gasteiger partial charge in [0.15, 0.2) is 11.5 Å². The number of rotatable bonds is 3. The maximum Gasteiger partial charge on any atom is 0.156 e. The second-order valence-electron chi connectivity index (χ2n) is 5.51. The lowest BCUT2D eigenvalue weighted by atomic mass is 10.1. The highest BCUT2D eigenvalue weighted by Crippen LogP contribution is 2.29. The van der Waals surface area contributed by atoms with Crippen LogP contribution in [-0.4, -0.2) is 38.7 Å². The number of nitrogens with one attached hydrogen (secondary N) is 2. The summed E-state index contributed by atoms with van der Waals surface area (Å²) >= 11 is 0. The topological polar surface area (TPSA) is 67.1 Å². The van der Waals surface area contributed by atoms with E-state index in [0.717, 1.165) is 48.7 Å². The Hall–Kier alpha value is -2.47. The van der Waals surface area contributed by atoms with Crippen molar-refractivity contribution in [2.24, 2.45) is 0 Å². The molecule has 3 aromatic rings. The fourth-order valence-electron chi connectivity index (χ4n) is 2.92. The van der Waals surface area contributed by atoms with Gasteiger partial charge in [-0.2, -0.15) is 5.10 Å². The van der Waals surface area contributed by atoms with Crippen LogP contribution in [0.4, 0.5) is 5.82 Å². The van der Waals surface area contributed by atoms with Gasteiger partial charge in [0.2, 0.25) is 0 Å². The van der Waals surface area contributed by atoms with Gasteiger partial charge in [0.05, 0.1) is 0 Å². The van der Waals surface area contributed by atoms with Crippen LogP contribution in [0.15, 0.2) is 42.9 Å². The van der Waals surface area contributed by atoms with Gasteiger partial charge in [-0.25, -0.2) is 9.50 Å². The van der Waals surface area contributed by atoms with Gasteiger partial charge in [0, 0.05) is 30.2 Å². The Balaban J connectivity index is 1.79. The highest BCUT2D eigenvalue weighted by Gasteiger charge is 2.19. The molecule has 4 heterocycles. The summed E-state index contributed by atoms with van der Waals surface area (Å²) in [6, 6.07) is 8.32. The third kappa shape index (κ3) is 2.42. The third-order valence-electron chi connectivity index (χ3n) is 4.03. The normalized spacial score (nSPS) is 16.0. The number of aromatic nitrogens is 4. The quantitative estimate of drug-likeness (QED) is 0.773. The number of anilines is 1. The maximum atomic E-state index is 4.73. The van der Waals surface area contributed by atoms with E-state index in [4.69, 9.17) is 4.98 Å². The summed E-state index contributed by atoms with van der Waals surface area (Å²) in [6.07, 6.45) is 7.60. The third-order valence-corrected chi connectivity index (χ3v) is 4.03. The molecule has 22 heavy (non-hydrogen) atoms. The minimum atomic E-state index is 0.451. The summed E-state index contributed by atoms with van der Waals surface area (Å²) < 4.78 is 1.89. The average Bonchev–Trinajstić information content (AvgIpc) is 2.94. The Morgan fingerprint density at radius 1 is 1.09 bits per heavy atom. The molecule has 0 unspecified atom stereocenters. The molecule has 0 spiro atoms. The number of hydrogen-bond acceptors (Lipinski definition) is 5. The molecule has 1 aliphatic heterocycles. The lowest BCUT2D eigenvalue weighted by molar-refractivity contribution is 0.478. The standard InChI is InChI=1S/C16H18N6/c1-2-14-21-16(20-13-5-10-18-11-6-13)15(22(14)19-7-1)12-3-8-17-9-4-12/h1-4,7-9,13,18,20H,5-6,10-11H2. The molecule has 112 valence electrons. The van der Waals surface area contributed by atoms with Crippen molar-refractivity contribution in [3.05, 3.63) is 42.9 Å². The van der Waals surface area contributed by atoms with E-state index in [9.17, 15) is 0 Å². The Bertz CT molecular complexity index is 761. The molecule has 0 aliphatic carbocycles. The number of nitrogens with zero attached hydrogens (tertiary/aromatic N) is 4. The highest BCUT2D eigenvalue weighted by molar-refractivity contribution is 5.76. The first-order valence-corrected chi connectivity index (χ1v) is 7.63. The van der Waals surface area contributed by atoms with Crippen LogP contribution in [0, 0.1) is 0 Å². The zero-order chi connectivity index (χ0) is 14.8. The van der Waals surface area contributed by atoms with Crippen molar-refractivity contribution in [2.75, 3.05) is 18.4 Å². The smallest absolute Gasteiger partial charge is 0.156 e. The van der Waals surface area contributed by atoms with Crippen LogP contribution in [0.25, 0.3) is 16.9 Å². The second kappa shape index (κ2) is 5.73. The Morgan fingerprint density at radius 2 is 1.91 bits per heavy atom. The van der Waals surface area contributed by atoms with Crippen LogP contribution >= 0.6 is 0 Å². The van der Waals surface area contributed by atoms with Crippen molar-refractivity contribution < 1.29 is 0 Å². The van der Waals surface area contributed by atoms with Crippen LogP contribution < -0.4 is 10.6 Å². The van der Waals surface area contributed by atoms with Gasteiger partial charge in [-0.15, -0.1) is 0 Å². The predicted molar refractivity (Wildman–Crippen MR) is 85.7 cm³/mol. The molecule has 0 amide bonds. The molecular weight excluding hydrogens is 276 g/mol. The van der Waals surface area contributed by atoms with E-state index in [1.165, 1.54) is 0 Å². The molecule has 1 fully saturated rings. The fraction of sp³-hybridized carbons (Fsp3) is 0.312. The number of hydrogen-bond donors (Lipinski definition) is 2. The van der Waals surface area contributed by atoms with Gasteiger partial charge >= 0.3 is 0 Å². The van der Waals surface area contributed by atoms with Crippen LogP contribution in [0.1, 0.15) is 12.8 Å². The van der Waals surface area contributed by atoms with Crippen molar-refractivity contribution in [3.63, 3.8) is 0 Å². The van der Waals surface area contributed by atoms with E-state index < -0.39 is 0 Å². The molecule has 3 aromatic heterocycles. The molecule has 6 heteroatoms. The summed E-state index contributed by atoms with van der Waals surface area (Å²) in [5, 5.41) is 11.4. The van der Waals surface area contributed by atoms with E-state index >= 15 is 0 Å². The summed E-state index contributed by atoms with van der Waals surface area (Å²) in [5.41, 5.74) is 2.92. The second-order valence-corrected chi connectivity index (χ2v) is 5.51. The van der Waals surface area contributed by atoms with Crippen LogP contribution in [0.2, 0.25) is 0 Å². The van der Waals surface area contributed by atoms with E-state index in [1.54, 1.807) is 18.6 Å². The highest BCUT2D eigenvalue weighted by atomic mass is 15.3. The predicted octanol–water partition coefficient (Wildman–Crippen LogP) is 1.96. The summed E-state index contributed by atoms with van der Waals surface area (Å²) in [6.45, 7) is 2.10. The lowest BCUT2D eigenvalue weighted by Crippen LogP contribution is -2.35. The van der Waals surface area contributed by atoms with Crippen molar-refractivity contribution in [1.29, 1.82) is 0 Å². The summed E-state index contributed by atoms with van der Waals surface area (Å²) in [5.74, 6) is 0.900. The first-order chi connectivity index (χ1) is 10.9. The largest absolute Gasteiger partial charge is 0.365 e. The van der Waals surface area contributed by atoms with Crippen LogP contribution in [-0.2, 0) is 0 Å².